The second-order valence-electron chi connectivity index (χ2n) is 7.23. The van der Waals surface area contributed by atoms with Crippen molar-refractivity contribution in [2.24, 2.45) is 0 Å². The van der Waals surface area contributed by atoms with Crippen molar-refractivity contribution in [1.82, 2.24) is 4.98 Å². The number of nitrogens with zero attached hydrogens (tertiary/aromatic N) is 1. The standard InChI is InChI=1S/C24H18N2O2S/c1-2-4-19-15(3-1)11-16-5-6-17(12-20(16)19)21-14-29-24(26-21)25-18-7-8-22-23(13-18)28-10-9-27-22/h1-8,12-14H,9-11H2,(H,25,26). The van der Waals surface area contributed by atoms with Crippen molar-refractivity contribution in [3.05, 3.63) is 77.2 Å². The molecule has 142 valence electrons. The third-order valence-electron chi connectivity index (χ3n) is 5.39. The number of hydrogen-bond acceptors (Lipinski definition) is 5. The van der Waals surface area contributed by atoms with E-state index in [0.717, 1.165) is 40.0 Å². The van der Waals surface area contributed by atoms with Crippen molar-refractivity contribution in [3.8, 4) is 33.9 Å². The molecular formula is C24H18N2O2S. The van der Waals surface area contributed by atoms with Crippen molar-refractivity contribution in [3.63, 3.8) is 0 Å². The van der Waals surface area contributed by atoms with Crippen LogP contribution in [0.2, 0.25) is 0 Å². The predicted molar refractivity (Wildman–Crippen MR) is 117 cm³/mol. The van der Waals surface area contributed by atoms with Crippen LogP contribution in [0.3, 0.4) is 0 Å². The highest BCUT2D eigenvalue weighted by atomic mass is 32.1. The van der Waals surface area contributed by atoms with Gasteiger partial charge in [0.15, 0.2) is 16.6 Å². The molecule has 3 aromatic carbocycles. The first kappa shape index (κ1) is 16.6. The van der Waals surface area contributed by atoms with Gasteiger partial charge in [-0.15, -0.1) is 11.3 Å². The maximum Gasteiger partial charge on any atom is 0.187 e. The van der Waals surface area contributed by atoms with E-state index in [9.17, 15) is 0 Å². The van der Waals surface area contributed by atoms with Crippen molar-refractivity contribution in [1.29, 1.82) is 0 Å². The monoisotopic (exact) mass is 398 g/mol. The Morgan fingerprint density at radius 3 is 2.66 bits per heavy atom. The highest BCUT2D eigenvalue weighted by Gasteiger charge is 2.19. The molecule has 2 aliphatic rings. The van der Waals surface area contributed by atoms with Gasteiger partial charge in [0, 0.05) is 22.7 Å². The number of benzene rings is 3. The molecule has 5 heteroatoms. The van der Waals surface area contributed by atoms with E-state index in [1.807, 2.05) is 18.2 Å². The average Bonchev–Trinajstić information content (AvgIpc) is 3.37. The highest BCUT2D eigenvalue weighted by molar-refractivity contribution is 7.14. The number of rotatable bonds is 3. The Morgan fingerprint density at radius 1 is 0.828 bits per heavy atom. The zero-order valence-corrected chi connectivity index (χ0v) is 16.5. The van der Waals surface area contributed by atoms with Crippen LogP contribution < -0.4 is 14.8 Å². The molecule has 4 aromatic rings. The Kier molecular flexibility index (Phi) is 3.81. The van der Waals surface area contributed by atoms with Gasteiger partial charge in [-0.2, -0.15) is 0 Å². The molecule has 0 fully saturated rings. The fourth-order valence-corrected chi connectivity index (χ4v) is 4.73. The Bertz CT molecular complexity index is 1230. The molecule has 0 saturated carbocycles. The lowest BCUT2D eigenvalue weighted by Crippen LogP contribution is -2.15. The van der Waals surface area contributed by atoms with Gasteiger partial charge in [-0.25, -0.2) is 4.98 Å². The van der Waals surface area contributed by atoms with E-state index in [1.165, 1.54) is 22.3 Å². The molecule has 0 bridgehead atoms. The van der Waals surface area contributed by atoms with Gasteiger partial charge in [-0.3, -0.25) is 0 Å². The van der Waals surface area contributed by atoms with E-state index in [2.05, 4.69) is 53.2 Å². The quantitative estimate of drug-likeness (QED) is 0.411. The van der Waals surface area contributed by atoms with Crippen LogP contribution in [0.1, 0.15) is 11.1 Å². The first-order chi connectivity index (χ1) is 14.3. The van der Waals surface area contributed by atoms with Crippen LogP contribution in [-0.4, -0.2) is 18.2 Å². The highest BCUT2D eigenvalue weighted by Crippen LogP contribution is 2.39. The third-order valence-corrected chi connectivity index (χ3v) is 6.15. The molecule has 0 radical (unpaired) electrons. The number of ether oxygens (including phenoxy) is 2. The smallest absolute Gasteiger partial charge is 0.187 e. The van der Waals surface area contributed by atoms with Crippen LogP contribution in [0.4, 0.5) is 10.8 Å². The van der Waals surface area contributed by atoms with E-state index in [-0.39, 0.29) is 0 Å². The number of anilines is 2. The van der Waals surface area contributed by atoms with Gasteiger partial charge in [0.2, 0.25) is 0 Å². The summed E-state index contributed by atoms with van der Waals surface area (Å²) in [6, 6.07) is 21.2. The second kappa shape index (κ2) is 6.64. The lowest BCUT2D eigenvalue weighted by molar-refractivity contribution is 0.171. The fourth-order valence-electron chi connectivity index (χ4n) is 3.99. The van der Waals surface area contributed by atoms with Gasteiger partial charge in [0.1, 0.15) is 13.2 Å². The molecule has 1 aromatic heterocycles. The van der Waals surface area contributed by atoms with Crippen molar-refractivity contribution >= 4 is 22.2 Å². The van der Waals surface area contributed by atoms with Gasteiger partial charge in [0.25, 0.3) is 0 Å². The Balaban J connectivity index is 1.28. The molecule has 4 nitrogen and oxygen atoms in total. The van der Waals surface area contributed by atoms with Gasteiger partial charge >= 0.3 is 0 Å². The number of nitrogens with one attached hydrogen (secondary N) is 1. The van der Waals surface area contributed by atoms with Gasteiger partial charge in [-0.1, -0.05) is 36.4 Å². The SMILES string of the molecule is c1ccc2c(c1)Cc1ccc(-c3csc(Nc4ccc5c(c4)OCCO5)n3)cc1-2. The third kappa shape index (κ3) is 2.95. The molecular weight excluding hydrogens is 380 g/mol. The van der Waals surface area contributed by atoms with Crippen molar-refractivity contribution in [2.45, 2.75) is 6.42 Å². The minimum Gasteiger partial charge on any atom is -0.486 e. The number of thiazole rings is 1. The molecule has 1 aliphatic carbocycles. The molecule has 6 rings (SSSR count). The van der Waals surface area contributed by atoms with E-state index < -0.39 is 0 Å². The van der Waals surface area contributed by atoms with Crippen molar-refractivity contribution < 1.29 is 9.47 Å². The minimum atomic E-state index is 0.583. The predicted octanol–water partition coefficient (Wildman–Crippen LogP) is 5.90. The largest absolute Gasteiger partial charge is 0.486 e. The van der Waals surface area contributed by atoms with Crippen LogP contribution in [0.15, 0.2) is 66.0 Å². The van der Waals surface area contributed by atoms with Crippen LogP contribution >= 0.6 is 11.3 Å². The van der Waals surface area contributed by atoms with Gasteiger partial charge in [0.05, 0.1) is 5.69 Å². The normalized spacial score (nSPS) is 13.7. The fraction of sp³-hybridized carbons (Fsp3) is 0.125. The summed E-state index contributed by atoms with van der Waals surface area (Å²) in [7, 11) is 0. The summed E-state index contributed by atoms with van der Waals surface area (Å²) in [5.41, 5.74) is 8.53. The summed E-state index contributed by atoms with van der Waals surface area (Å²) in [6.07, 6.45) is 1.01. The zero-order chi connectivity index (χ0) is 19.2. The maximum atomic E-state index is 5.67. The second-order valence-corrected chi connectivity index (χ2v) is 8.09. The van der Waals surface area contributed by atoms with Crippen molar-refractivity contribution in [2.75, 3.05) is 18.5 Å². The summed E-state index contributed by atoms with van der Waals surface area (Å²) in [4.78, 5) is 4.80. The summed E-state index contributed by atoms with van der Waals surface area (Å²) in [5, 5.41) is 6.34. The number of hydrogen-bond donors (Lipinski definition) is 1. The maximum absolute atomic E-state index is 5.67. The van der Waals surface area contributed by atoms with Crippen LogP contribution in [0.25, 0.3) is 22.4 Å². The molecule has 1 aliphatic heterocycles. The Morgan fingerprint density at radius 2 is 1.69 bits per heavy atom. The van der Waals surface area contributed by atoms with E-state index in [4.69, 9.17) is 14.5 Å². The molecule has 0 amide bonds. The molecule has 0 saturated heterocycles. The summed E-state index contributed by atoms with van der Waals surface area (Å²) >= 11 is 1.60. The first-order valence-electron chi connectivity index (χ1n) is 9.67. The number of aromatic nitrogens is 1. The van der Waals surface area contributed by atoms with E-state index >= 15 is 0 Å². The molecule has 0 unspecified atom stereocenters. The van der Waals surface area contributed by atoms with Gasteiger partial charge < -0.3 is 14.8 Å². The van der Waals surface area contributed by atoms with Crippen LogP contribution in [0, 0.1) is 0 Å². The van der Waals surface area contributed by atoms with Crippen LogP contribution in [0.5, 0.6) is 11.5 Å². The van der Waals surface area contributed by atoms with Gasteiger partial charge in [-0.05, 0) is 46.9 Å². The molecule has 2 heterocycles. The Labute approximate surface area is 172 Å². The molecule has 0 atom stereocenters. The van der Waals surface area contributed by atoms with E-state index in [1.54, 1.807) is 11.3 Å². The lowest BCUT2D eigenvalue weighted by atomic mass is 10.0. The summed E-state index contributed by atoms with van der Waals surface area (Å²) in [5.74, 6) is 1.57. The Hall–Kier alpha value is -3.31. The molecule has 29 heavy (non-hydrogen) atoms. The topological polar surface area (TPSA) is 43.4 Å². The first-order valence-corrected chi connectivity index (χ1v) is 10.6. The molecule has 0 spiro atoms. The van der Waals surface area contributed by atoms with E-state index in [0.29, 0.717) is 13.2 Å². The molecule has 1 N–H and O–H groups in total. The summed E-state index contributed by atoms with van der Waals surface area (Å²) < 4.78 is 11.3. The summed E-state index contributed by atoms with van der Waals surface area (Å²) in [6.45, 7) is 1.18. The minimum absolute atomic E-state index is 0.583. The average molecular weight is 398 g/mol. The van der Waals surface area contributed by atoms with Crippen LogP contribution in [-0.2, 0) is 6.42 Å². The lowest BCUT2D eigenvalue weighted by Gasteiger charge is -2.18. The zero-order valence-electron chi connectivity index (χ0n) is 15.6. The number of fused-ring (bicyclic) bond motifs is 4.